The van der Waals surface area contributed by atoms with Crippen LogP contribution in [0.4, 0.5) is 0 Å². The van der Waals surface area contributed by atoms with Gasteiger partial charge >= 0.3 is 0 Å². The Morgan fingerprint density at radius 3 is 2.73 bits per heavy atom. The summed E-state index contributed by atoms with van der Waals surface area (Å²) in [5.74, 6) is 0. The van der Waals surface area contributed by atoms with Crippen LogP contribution in [0.5, 0.6) is 0 Å². The normalized spacial score (nSPS) is 10.9. The molecule has 0 saturated heterocycles. The van der Waals surface area contributed by atoms with Crippen molar-refractivity contribution in [2.45, 2.75) is 27.3 Å². The van der Waals surface area contributed by atoms with Gasteiger partial charge in [0.25, 0.3) is 5.56 Å². The Labute approximate surface area is 88.4 Å². The molecule has 0 aliphatic carbocycles. The first kappa shape index (κ1) is 9.90. The van der Waals surface area contributed by atoms with Gasteiger partial charge < -0.3 is 0 Å². The lowest BCUT2D eigenvalue weighted by Gasteiger charge is -2.09. The molecule has 2 rings (SSSR count). The largest absolute Gasteiger partial charge is 0.293 e. The lowest BCUT2D eigenvalue weighted by Crippen LogP contribution is -2.19. The standard InChI is InChI=1S/C12H14N2O/c1-4-14-11(15)6-5-10-9(3)8(2)7-13-12(10)14/h5-7H,4H2,1-3H3. The SMILES string of the molecule is CCn1c(=O)ccc2c(C)c(C)cnc21. The van der Waals surface area contributed by atoms with Crippen molar-refractivity contribution in [2.24, 2.45) is 0 Å². The minimum Gasteiger partial charge on any atom is -0.293 e. The van der Waals surface area contributed by atoms with E-state index in [1.165, 1.54) is 5.56 Å². The molecule has 0 bridgehead atoms. The Morgan fingerprint density at radius 2 is 2.07 bits per heavy atom. The zero-order valence-electron chi connectivity index (χ0n) is 9.24. The van der Waals surface area contributed by atoms with Gasteiger partial charge in [-0.25, -0.2) is 4.98 Å². The van der Waals surface area contributed by atoms with Gasteiger partial charge in [-0.05, 0) is 38.0 Å². The molecule has 0 N–H and O–H groups in total. The number of fused-ring (bicyclic) bond motifs is 1. The molecule has 0 amide bonds. The first-order valence-corrected chi connectivity index (χ1v) is 5.11. The molecule has 0 aliphatic rings. The van der Waals surface area contributed by atoms with Crippen LogP contribution in [-0.4, -0.2) is 9.55 Å². The smallest absolute Gasteiger partial charge is 0.252 e. The highest BCUT2D eigenvalue weighted by molar-refractivity contribution is 5.79. The van der Waals surface area contributed by atoms with Crippen LogP contribution >= 0.6 is 0 Å². The summed E-state index contributed by atoms with van der Waals surface area (Å²) in [5.41, 5.74) is 3.15. The van der Waals surface area contributed by atoms with Gasteiger partial charge in [-0.1, -0.05) is 0 Å². The molecule has 15 heavy (non-hydrogen) atoms. The fourth-order valence-corrected chi connectivity index (χ4v) is 1.77. The molecule has 0 fully saturated rings. The molecule has 0 radical (unpaired) electrons. The zero-order chi connectivity index (χ0) is 11.0. The Hall–Kier alpha value is -1.64. The van der Waals surface area contributed by atoms with Crippen molar-refractivity contribution in [3.63, 3.8) is 0 Å². The van der Waals surface area contributed by atoms with E-state index in [9.17, 15) is 4.79 Å². The molecule has 2 aromatic heterocycles. The van der Waals surface area contributed by atoms with E-state index in [1.54, 1.807) is 10.6 Å². The van der Waals surface area contributed by atoms with E-state index in [1.807, 2.05) is 26.1 Å². The number of hydrogen-bond donors (Lipinski definition) is 0. The molecule has 0 aromatic carbocycles. The zero-order valence-corrected chi connectivity index (χ0v) is 9.24. The minimum atomic E-state index is 0.0146. The molecule has 0 atom stereocenters. The summed E-state index contributed by atoms with van der Waals surface area (Å²) in [6, 6.07) is 3.47. The molecule has 2 heterocycles. The predicted octanol–water partition coefficient (Wildman–Crippen LogP) is 2.03. The van der Waals surface area contributed by atoms with Crippen molar-refractivity contribution >= 4 is 11.0 Å². The van der Waals surface area contributed by atoms with Crippen molar-refractivity contribution < 1.29 is 0 Å². The second kappa shape index (κ2) is 3.50. The third kappa shape index (κ3) is 1.44. The highest BCUT2D eigenvalue weighted by Crippen LogP contribution is 2.17. The maximum atomic E-state index is 11.6. The average molecular weight is 202 g/mol. The van der Waals surface area contributed by atoms with Crippen LogP contribution in [0.3, 0.4) is 0 Å². The number of nitrogens with zero attached hydrogens (tertiary/aromatic N) is 2. The van der Waals surface area contributed by atoms with Crippen molar-refractivity contribution in [3.8, 4) is 0 Å². The average Bonchev–Trinajstić information content (AvgIpc) is 2.23. The van der Waals surface area contributed by atoms with Gasteiger partial charge in [0.1, 0.15) is 5.65 Å². The Bertz CT molecular complexity index is 570. The number of rotatable bonds is 1. The maximum Gasteiger partial charge on any atom is 0.252 e. The van der Waals surface area contributed by atoms with Gasteiger partial charge in [0.05, 0.1) is 0 Å². The van der Waals surface area contributed by atoms with Gasteiger partial charge in [0.2, 0.25) is 0 Å². The van der Waals surface area contributed by atoms with Crippen LogP contribution in [0.15, 0.2) is 23.1 Å². The van der Waals surface area contributed by atoms with E-state index >= 15 is 0 Å². The van der Waals surface area contributed by atoms with E-state index in [0.29, 0.717) is 6.54 Å². The second-order valence-electron chi connectivity index (χ2n) is 3.72. The van der Waals surface area contributed by atoms with E-state index in [-0.39, 0.29) is 5.56 Å². The molecule has 2 aromatic rings. The molecule has 3 heteroatoms. The van der Waals surface area contributed by atoms with Gasteiger partial charge in [0.15, 0.2) is 0 Å². The Morgan fingerprint density at radius 1 is 1.33 bits per heavy atom. The molecular weight excluding hydrogens is 188 g/mol. The van der Waals surface area contributed by atoms with E-state index in [4.69, 9.17) is 0 Å². The third-order valence-electron chi connectivity index (χ3n) is 2.85. The lowest BCUT2D eigenvalue weighted by molar-refractivity contribution is 0.749. The molecular formula is C12H14N2O. The van der Waals surface area contributed by atoms with Crippen LogP contribution in [0.25, 0.3) is 11.0 Å². The summed E-state index contributed by atoms with van der Waals surface area (Å²) in [7, 11) is 0. The van der Waals surface area contributed by atoms with Gasteiger partial charge in [0, 0.05) is 24.2 Å². The molecule has 0 spiro atoms. The highest BCUT2D eigenvalue weighted by atomic mass is 16.1. The Kier molecular flexibility index (Phi) is 2.31. The van der Waals surface area contributed by atoms with Gasteiger partial charge in [-0.3, -0.25) is 9.36 Å². The fourth-order valence-electron chi connectivity index (χ4n) is 1.77. The predicted molar refractivity (Wildman–Crippen MR) is 61.2 cm³/mol. The van der Waals surface area contributed by atoms with Gasteiger partial charge in [-0.15, -0.1) is 0 Å². The summed E-state index contributed by atoms with van der Waals surface area (Å²) in [6.45, 7) is 6.70. The molecule has 3 nitrogen and oxygen atoms in total. The fraction of sp³-hybridized carbons (Fsp3) is 0.333. The van der Waals surface area contributed by atoms with Gasteiger partial charge in [-0.2, -0.15) is 0 Å². The number of pyridine rings is 2. The highest BCUT2D eigenvalue weighted by Gasteiger charge is 2.05. The summed E-state index contributed by atoms with van der Waals surface area (Å²) in [6.07, 6.45) is 1.82. The van der Waals surface area contributed by atoms with Crippen molar-refractivity contribution in [3.05, 3.63) is 39.8 Å². The quantitative estimate of drug-likeness (QED) is 0.709. The topological polar surface area (TPSA) is 34.9 Å². The summed E-state index contributed by atoms with van der Waals surface area (Å²) < 4.78 is 1.70. The van der Waals surface area contributed by atoms with Crippen molar-refractivity contribution in [1.29, 1.82) is 0 Å². The first-order valence-electron chi connectivity index (χ1n) is 5.11. The molecule has 78 valence electrons. The van der Waals surface area contributed by atoms with E-state index in [2.05, 4.69) is 11.9 Å². The maximum absolute atomic E-state index is 11.6. The lowest BCUT2D eigenvalue weighted by atomic mass is 10.1. The molecule has 0 aliphatic heterocycles. The van der Waals surface area contributed by atoms with Crippen molar-refractivity contribution in [1.82, 2.24) is 9.55 Å². The summed E-state index contributed by atoms with van der Waals surface area (Å²) >= 11 is 0. The number of aromatic nitrogens is 2. The van der Waals surface area contributed by atoms with Crippen LogP contribution < -0.4 is 5.56 Å². The van der Waals surface area contributed by atoms with E-state index < -0.39 is 0 Å². The minimum absolute atomic E-state index is 0.0146. The molecule has 0 saturated carbocycles. The van der Waals surface area contributed by atoms with Crippen LogP contribution in [0.1, 0.15) is 18.1 Å². The Balaban J connectivity index is 2.96. The number of hydrogen-bond acceptors (Lipinski definition) is 2. The third-order valence-corrected chi connectivity index (χ3v) is 2.85. The van der Waals surface area contributed by atoms with Crippen molar-refractivity contribution in [2.75, 3.05) is 0 Å². The van der Waals surface area contributed by atoms with Crippen LogP contribution in [-0.2, 0) is 6.54 Å². The number of aryl methyl sites for hydroxylation is 3. The second-order valence-corrected chi connectivity index (χ2v) is 3.72. The first-order chi connectivity index (χ1) is 7.15. The van der Waals surface area contributed by atoms with Crippen LogP contribution in [0.2, 0.25) is 0 Å². The summed E-state index contributed by atoms with van der Waals surface area (Å²) in [4.78, 5) is 15.9. The molecule has 0 unspecified atom stereocenters. The monoisotopic (exact) mass is 202 g/mol. The van der Waals surface area contributed by atoms with Crippen LogP contribution in [0, 0.1) is 13.8 Å². The summed E-state index contributed by atoms with van der Waals surface area (Å²) in [5, 5.41) is 1.07. The van der Waals surface area contributed by atoms with E-state index in [0.717, 1.165) is 16.6 Å².